The van der Waals surface area contributed by atoms with E-state index in [4.69, 9.17) is 23.2 Å². The molecule has 4 heteroatoms. The lowest BCUT2D eigenvalue weighted by Crippen LogP contribution is -2.05. The van der Waals surface area contributed by atoms with Gasteiger partial charge in [0.25, 0.3) is 0 Å². The topological polar surface area (TPSA) is 29.1 Å². The molecule has 0 aromatic heterocycles. The molecule has 0 fully saturated rings. The van der Waals surface area contributed by atoms with Gasteiger partial charge in [-0.2, -0.15) is 0 Å². The number of carbonyl (C=O) groups is 1. The largest absolute Gasteiger partial charge is 0.353 e. The molecule has 0 bridgehead atoms. The van der Waals surface area contributed by atoms with Crippen LogP contribution in [0.1, 0.15) is 19.3 Å². The van der Waals surface area contributed by atoms with Crippen LogP contribution in [0.25, 0.3) is 0 Å². The van der Waals surface area contributed by atoms with Gasteiger partial charge < -0.3 is 10.1 Å². The predicted octanol–water partition coefficient (Wildman–Crippen LogP) is 5.15. The summed E-state index contributed by atoms with van der Waals surface area (Å²) in [6.45, 7) is 0. The van der Waals surface area contributed by atoms with Gasteiger partial charge in [0, 0.05) is 12.1 Å². The summed E-state index contributed by atoms with van der Waals surface area (Å²) in [5.74, 6) is 0. The van der Waals surface area contributed by atoms with Crippen molar-refractivity contribution >= 4 is 35.2 Å². The zero-order valence-corrected chi connectivity index (χ0v) is 12.4. The van der Waals surface area contributed by atoms with E-state index < -0.39 is 0 Å². The molecule has 0 aliphatic heterocycles. The summed E-state index contributed by atoms with van der Waals surface area (Å²) in [6.07, 6.45) is 11.2. The Bertz CT molecular complexity index is 568. The van der Waals surface area contributed by atoms with E-state index in [1.54, 1.807) is 18.2 Å². The Morgan fingerprint density at radius 1 is 1.20 bits per heavy atom. The molecule has 0 heterocycles. The lowest BCUT2D eigenvalue weighted by Gasteiger charge is -2.16. The number of para-hydroxylation sites is 1. The number of carbonyl (C=O) groups excluding carboxylic acids is 1. The maximum atomic E-state index is 10.8. The second kappa shape index (κ2) is 7.32. The summed E-state index contributed by atoms with van der Waals surface area (Å²) >= 11 is 12.3. The van der Waals surface area contributed by atoms with Crippen molar-refractivity contribution < 1.29 is 4.79 Å². The van der Waals surface area contributed by atoms with Crippen LogP contribution in [0.15, 0.2) is 53.8 Å². The highest BCUT2D eigenvalue weighted by Gasteiger charge is 2.10. The normalized spacial score (nSPS) is 20.1. The van der Waals surface area contributed by atoms with E-state index in [1.165, 1.54) is 0 Å². The molecule has 2 nitrogen and oxygen atoms in total. The number of allylic oxidation sites excluding steroid dienone is 5. The Labute approximate surface area is 128 Å². The first-order chi connectivity index (χ1) is 9.72. The average molecular weight is 308 g/mol. The number of hydrogen-bond acceptors (Lipinski definition) is 2. The first-order valence-electron chi connectivity index (χ1n) is 6.43. The zero-order chi connectivity index (χ0) is 14.4. The van der Waals surface area contributed by atoms with Gasteiger partial charge in [0.1, 0.15) is 6.29 Å². The van der Waals surface area contributed by atoms with Crippen LogP contribution in [0.3, 0.4) is 0 Å². The molecule has 0 unspecified atom stereocenters. The van der Waals surface area contributed by atoms with E-state index in [1.807, 2.05) is 12.2 Å². The van der Waals surface area contributed by atoms with E-state index in [2.05, 4.69) is 17.5 Å². The van der Waals surface area contributed by atoms with E-state index >= 15 is 0 Å². The fourth-order valence-corrected chi connectivity index (χ4v) is 2.48. The van der Waals surface area contributed by atoms with Crippen LogP contribution in [0, 0.1) is 0 Å². The molecule has 1 N–H and O–H groups in total. The summed E-state index contributed by atoms with van der Waals surface area (Å²) in [6, 6.07) is 5.35. The third-order valence-corrected chi connectivity index (χ3v) is 3.62. The highest BCUT2D eigenvalue weighted by Crippen LogP contribution is 2.32. The quantitative estimate of drug-likeness (QED) is 0.779. The lowest BCUT2D eigenvalue weighted by molar-refractivity contribution is -0.107. The Kier molecular flexibility index (Phi) is 5.45. The Hall–Kier alpha value is -1.51. The zero-order valence-electron chi connectivity index (χ0n) is 10.9. The molecule has 0 spiro atoms. The van der Waals surface area contributed by atoms with Crippen LogP contribution in [0.4, 0.5) is 5.69 Å². The monoisotopic (exact) mass is 307 g/mol. The molecule has 0 saturated heterocycles. The number of benzene rings is 1. The Morgan fingerprint density at radius 2 is 1.95 bits per heavy atom. The van der Waals surface area contributed by atoms with Gasteiger partial charge in [-0.3, -0.25) is 0 Å². The van der Waals surface area contributed by atoms with Crippen molar-refractivity contribution in [2.45, 2.75) is 19.3 Å². The van der Waals surface area contributed by atoms with E-state index in [0.717, 1.165) is 30.4 Å². The number of nitrogens with one attached hydrogen (secondary N) is 1. The molecule has 1 aliphatic carbocycles. The maximum absolute atomic E-state index is 10.8. The minimum atomic E-state index is 0.370. The molecule has 1 aliphatic rings. The number of hydrogen-bond donors (Lipinski definition) is 1. The number of halogens is 2. The summed E-state index contributed by atoms with van der Waals surface area (Å²) in [5, 5.41) is 4.34. The van der Waals surface area contributed by atoms with E-state index in [-0.39, 0.29) is 0 Å². The van der Waals surface area contributed by atoms with Crippen LogP contribution < -0.4 is 5.32 Å². The molecule has 0 radical (unpaired) electrons. The van der Waals surface area contributed by atoms with E-state index in [9.17, 15) is 4.79 Å². The van der Waals surface area contributed by atoms with Gasteiger partial charge in [0.2, 0.25) is 0 Å². The van der Waals surface area contributed by atoms with Crippen molar-refractivity contribution in [3.63, 3.8) is 0 Å². The Morgan fingerprint density at radius 3 is 2.65 bits per heavy atom. The fraction of sp³-hybridized carbons (Fsp3) is 0.188. The second-order valence-electron chi connectivity index (χ2n) is 4.41. The molecule has 0 atom stereocenters. The van der Waals surface area contributed by atoms with Crippen molar-refractivity contribution in [2.75, 3.05) is 5.32 Å². The summed E-state index contributed by atoms with van der Waals surface area (Å²) in [4.78, 5) is 10.8. The third-order valence-electron chi connectivity index (χ3n) is 2.99. The standard InChI is InChI=1S/C16H15Cl2NO/c17-13-7-5-8-14(18)16(13)19-15-9-4-2-1-3-6-12(15)10-11-20/h2,4-9,11,19H,1,3,10H2/b4-2?,12-6-,15-9+. The average Bonchev–Trinajstić information content (AvgIpc) is 2.40. The van der Waals surface area contributed by atoms with Gasteiger partial charge in [-0.1, -0.05) is 47.5 Å². The molecular formula is C16H15Cl2NO. The minimum absolute atomic E-state index is 0.370. The van der Waals surface area contributed by atoms with Crippen molar-refractivity contribution in [1.82, 2.24) is 0 Å². The fourth-order valence-electron chi connectivity index (χ4n) is 1.99. The molecular weight excluding hydrogens is 293 g/mol. The van der Waals surface area contributed by atoms with Gasteiger partial charge >= 0.3 is 0 Å². The smallest absolute Gasteiger partial charge is 0.124 e. The van der Waals surface area contributed by atoms with Gasteiger partial charge in [0.05, 0.1) is 15.7 Å². The van der Waals surface area contributed by atoms with E-state index in [0.29, 0.717) is 22.2 Å². The minimum Gasteiger partial charge on any atom is -0.353 e. The molecule has 1 aromatic rings. The lowest BCUT2D eigenvalue weighted by atomic mass is 10.0. The summed E-state index contributed by atoms with van der Waals surface area (Å²) in [7, 11) is 0. The third kappa shape index (κ3) is 3.75. The highest BCUT2D eigenvalue weighted by atomic mass is 35.5. The summed E-state index contributed by atoms with van der Waals surface area (Å²) in [5.41, 5.74) is 2.47. The second-order valence-corrected chi connectivity index (χ2v) is 5.22. The van der Waals surface area contributed by atoms with Crippen LogP contribution in [0.5, 0.6) is 0 Å². The van der Waals surface area contributed by atoms with Crippen LogP contribution in [-0.4, -0.2) is 6.29 Å². The van der Waals surface area contributed by atoms with Gasteiger partial charge in [0.15, 0.2) is 0 Å². The Balaban J connectivity index is 2.34. The molecule has 0 amide bonds. The van der Waals surface area contributed by atoms with Gasteiger partial charge in [-0.25, -0.2) is 0 Å². The SMILES string of the molecule is O=CCC1=C/CCC=C/C=C\1Nc1c(Cl)cccc1Cl. The molecule has 1 aromatic carbocycles. The number of rotatable bonds is 4. The molecule has 0 saturated carbocycles. The van der Waals surface area contributed by atoms with Crippen molar-refractivity contribution in [3.05, 3.63) is 63.8 Å². The number of anilines is 1. The van der Waals surface area contributed by atoms with Crippen LogP contribution in [0.2, 0.25) is 10.0 Å². The molecule has 2 rings (SSSR count). The maximum Gasteiger partial charge on any atom is 0.124 e. The van der Waals surface area contributed by atoms with Gasteiger partial charge in [-0.05, 0) is 36.6 Å². The van der Waals surface area contributed by atoms with Gasteiger partial charge in [-0.15, -0.1) is 0 Å². The first kappa shape index (κ1) is 14.9. The van der Waals surface area contributed by atoms with Crippen molar-refractivity contribution in [2.24, 2.45) is 0 Å². The van der Waals surface area contributed by atoms with Crippen molar-refractivity contribution in [1.29, 1.82) is 0 Å². The molecule has 20 heavy (non-hydrogen) atoms. The predicted molar refractivity (Wildman–Crippen MR) is 85.3 cm³/mol. The van der Waals surface area contributed by atoms with Crippen LogP contribution in [-0.2, 0) is 4.79 Å². The highest BCUT2D eigenvalue weighted by molar-refractivity contribution is 6.39. The number of aldehydes is 1. The van der Waals surface area contributed by atoms with Crippen molar-refractivity contribution in [3.8, 4) is 0 Å². The van der Waals surface area contributed by atoms with Crippen LogP contribution >= 0.6 is 23.2 Å². The summed E-state index contributed by atoms with van der Waals surface area (Å²) < 4.78 is 0. The molecule has 104 valence electrons. The first-order valence-corrected chi connectivity index (χ1v) is 7.19.